The molecule has 1 nitrogen and oxygen atoms in total. The summed E-state index contributed by atoms with van der Waals surface area (Å²) >= 11 is 1.81. The highest BCUT2D eigenvalue weighted by Crippen LogP contribution is 2.16. The van der Waals surface area contributed by atoms with E-state index in [1.54, 1.807) is 0 Å². The van der Waals surface area contributed by atoms with Crippen molar-refractivity contribution in [2.24, 2.45) is 0 Å². The summed E-state index contributed by atoms with van der Waals surface area (Å²) in [6.07, 6.45) is 6.56. The van der Waals surface area contributed by atoms with Crippen molar-refractivity contribution in [2.75, 3.05) is 12.8 Å². The van der Waals surface area contributed by atoms with Gasteiger partial charge in [-0.15, -0.1) is 0 Å². The van der Waals surface area contributed by atoms with E-state index in [-0.39, 0.29) is 0 Å². The zero-order valence-corrected chi connectivity index (χ0v) is 6.11. The first kappa shape index (κ1) is 6.17. The van der Waals surface area contributed by atoms with Crippen LogP contribution in [-0.2, 0) is 0 Å². The van der Waals surface area contributed by atoms with E-state index in [9.17, 15) is 0 Å². The van der Waals surface area contributed by atoms with Crippen molar-refractivity contribution in [3.05, 3.63) is 12.2 Å². The van der Waals surface area contributed by atoms with Crippen LogP contribution in [-0.4, -0.2) is 23.1 Å². The van der Waals surface area contributed by atoms with E-state index >= 15 is 0 Å². The van der Waals surface area contributed by atoms with Gasteiger partial charge in [-0.1, -0.05) is 24.1 Å². The van der Waals surface area contributed by atoms with Gasteiger partial charge in [0.05, 0.1) is 0 Å². The molecule has 1 heterocycles. The van der Waals surface area contributed by atoms with E-state index < -0.39 is 0 Å². The summed E-state index contributed by atoms with van der Waals surface area (Å²) in [5.41, 5.74) is 0. The summed E-state index contributed by atoms with van der Waals surface area (Å²) in [6, 6.07) is 0.644. The van der Waals surface area contributed by atoms with Crippen molar-refractivity contribution < 1.29 is 0 Å². The molecule has 0 amide bonds. The van der Waals surface area contributed by atoms with Gasteiger partial charge < -0.3 is 0 Å². The number of nitrogens with zero attached hydrogens (tertiary/aromatic N) is 1. The summed E-state index contributed by atoms with van der Waals surface area (Å²) in [5, 5.41) is 0. The molecule has 1 aliphatic heterocycles. The Labute approximate surface area is 54.9 Å². The SMILES string of the molecule is CSN1CC=CC1C. The predicted octanol–water partition coefficient (Wildman–Crippen LogP) is 1.52. The predicted molar refractivity (Wildman–Crippen MR) is 38.8 cm³/mol. The third-order valence-electron chi connectivity index (χ3n) is 1.39. The molecule has 1 atom stereocenters. The maximum atomic E-state index is 2.33. The normalized spacial score (nSPS) is 29.5. The second-order valence-corrected chi connectivity index (χ2v) is 2.79. The molecule has 0 aromatic rings. The topological polar surface area (TPSA) is 3.24 Å². The zero-order valence-electron chi connectivity index (χ0n) is 5.29. The molecule has 1 aliphatic rings. The summed E-state index contributed by atoms with van der Waals surface area (Å²) < 4.78 is 2.33. The molecule has 1 rings (SSSR count). The zero-order chi connectivity index (χ0) is 5.98. The van der Waals surface area contributed by atoms with Gasteiger partial charge in [0.1, 0.15) is 0 Å². The monoisotopic (exact) mass is 129 g/mol. The van der Waals surface area contributed by atoms with Crippen LogP contribution in [0.1, 0.15) is 6.92 Å². The average Bonchev–Trinajstić information content (AvgIpc) is 2.14. The van der Waals surface area contributed by atoms with Crippen LogP contribution in [0.5, 0.6) is 0 Å². The molecule has 0 aliphatic carbocycles. The Morgan fingerprint density at radius 1 is 1.75 bits per heavy atom. The van der Waals surface area contributed by atoms with Gasteiger partial charge in [-0.05, 0) is 13.2 Å². The third kappa shape index (κ3) is 1.06. The lowest BCUT2D eigenvalue weighted by Gasteiger charge is -2.15. The van der Waals surface area contributed by atoms with E-state index in [0.717, 1.165) is 6.54 Å². The molecular formula is C6H11NS. The summed E-state index contributed by atoms with van der Waals surface area (Å²) in [7, 11) is 0. The second-order valence-electron chi connectivity index (χ2n) is 1.95. The molecule has 8 heavy (non-hydrogen) atoms. The minimum atomic E-state index is 0.644. The molecule has 0 fully saturated rings. The minimum Gasteiger partial charge on any atom is -0.240 e. The lowest BCUT2D eigenvalue weighted by molar-refractivity contribution is 0.500. The van der Waals surface area contributed by atoms with Crippen LogP contribution in [0.4, 0.5) is 0 Å². The summed E-state index contributed by atoms with van der Waals surface area (Å²) in [6.45, 7) is 3.32. The maximum Gasteiger partial charge on any atom is 0.0358 e. The van der Waals surface area contributed by atoms with Gasteiger partial charge in [0.2, 0.25) is 0 Å². The molecule has 0 aromatic heterocycles. The lowest BCUT2D eigenvalue weighted by atomic mass is 10.4. The van der Waals surface area contributed by atoms with Crippen molar-refractivity contribution >= 4 is 11.9 Å². The van der Waals surface area contributed by atoms with Gasteiger partial charge in [0.15, 0.2) is 0 Å². The van der Waals surface area contributed by atoms with Crippen LogP contribution in [0.25, 0.3) is 0 Å². The van der Waals surface area contributed by atoms with E-state index in [1.807, 2.05) is 11.9 Å². The van der Waals surface area contributed by atoms with Crippen LogP contribution in [0.15, 0.2) is 12.2 Å². The molecule has 0 N–H and O–H groups in total. The van der Waals surface area contributed by atoms with Crippen LogP contribution < -0.4 is 0 Å². The van der Waals surface area contributed by atoms with E-state index in [0.29, 0.717) is 6.04 Å². The Morgan fingerprint density at radius 3 is 2.75 bits per heavy atom. The van der Waals surface area contributed by atoms with Crippen molar-refractivity contribution in [3.63, 3.8) is 0 Å². The third-order valence-corrected chi connectivity index (χ3v) is 2.34. The van der Waals surface area contributed by atoms with E-state index in [1.165, 1.54) is 0 Å². The van der Waals surface area contributed by atoms with E-state index in [2.05, 4.69) is 29.6 Å². The van der Waals surface area contributed by atoms with Gasteiger partial charge in [-0.2, -0.15) is 0 Å². The molecule has 1 unspecified atom stereocenters. The van der Waals surface area contributed by atoms with Crippen molar-refractivity contribution in [1.82, 2.24) is 4.31 Å². The molecule has 46 valence electrons. The molecule has 0 spiro atoms. The average molecular weight is 129 g/mol. The van der Waals surface area contributed by atoms with Crippen LogP contribution >= 0.6 is 11.9 Å². The Balaban J connectivity index is 2.38. The maximum absolute atomic E-state index is 2.33. The number of hydrogen-bond acceptors (Lipinski definition) is 2. The largest absolute Gasteiger partial charge is 0.240 e. The molecule has 0 radical (unpaired) electrons. The Bertz CT molecular complexity index is 101. The second kappa shape index (κ2) is 2.55. The Morgan fingerprint density at radius 2 is 2.50 bits per heavy atom. The van der Waals surface area contributed by atoms with E-state index in [4.69, 9.17) is 0 Å². The fraction of sp³-hybridized carbons (Fsp3) is 0.667. The number of hydrogen-bond donors (Lipinski definition) is 0. The first-order valence-electron chi connectivity index (χ1n) is 2.82. The fourth-order valence-corrected chi connectivity index (χ4v) is 1.50. The number of rotatable bonds is 1. The van der Waals surface area contributed by atoms with Gasteiger partial charge in [-0.3, -0.25) is 0 Å². The summed E-state index contributed by atoms with van der Waals surface area (Å²) in [4.78, 5) is 0. The first-order chi connectivity index (χ1) is 3.84. The standard InChI is InChI=1S/C6H11NS/c1-6-4-3-5-7(6)8-2/h3-4,6H,5H2,1-2H3. The minimum absolute atomic E-state index is 0.644. The van der Waals surface area contributed by atoms with Gasteiger partial charge in [0, 0.05) is 12.6 Å². The van der Waals surface area contributed by atoms with Gasteiger partial charge in [-0.25, -0.2) is 4.31 Å². The molecular weight excluding hydrogens is 118 g/mol. The van der Waals surface area contributed by atoms with Crippen LogP contribution in [0.3, 0.4) is 0 Å². The molecule has 0 bridgehead atoms. The highest BCUT2D eigenvalue weighted by Gasteiger charge is 2.11. The highest BCUT2D eigenvalue weighted by molar-refractivity contribution is 7.96. The van der Waals surface area contributed by atoms with Crippen molar-refractivity contribution in [2.45, 2.75) is 13.0 Å². The van der Waals surface area contributed by atoms with Crippen LogP contribution in [0, 0.1) is 0 Å². The highest BCUT2D eigenvalue weighted by atomic mass is 32.2. The fourth-order valence-electron chi connectivity index (χ4n) is 0.865. The smallest absolute Gasteiger partial charge is 0.0358 e. The first-order valence-corrected chi connectivity index (χ1v) is 4.00. The molecule has 2 heteroatoms. The summed E-state index contributed by atoms with van der Waals surface area (Å²) in [5.74, 6) is 0. The van der Waals surface area contributed by atoms with Gasteiger partial charge >= 0.3 is 0 Å². The van der Waals surface area contributed by atoms with Gasteiger partial charge in [0.25, 0.3) is 0 Å². The van der Waals surface area contributed by atoms with Crippen molar-refractivity contribution in [3.8, 4) is 0 Å². The quantitative estimate of drug-likeness (QED) is 0.390. The molecule has 0 aromatic carbocycles. The Kier molecular flexibility index (Phi) is 1.97. The van der Waals surface area contributed by atoms with Crippen LogP contribution in [0.2, 0.25) is 0 Å². The van der Waals surface area contributed by atoms with Crippen molar-refractivity contribution in [1.29, 1.82) is 0 Å². The lowest BCUT2D eigenvalue weighted by Crippen LogP contribution is -2.18. The molecule has 0 saturated carbocycles. The Hall–Kier alpha value is 0.0500. The molecule has 0 saturated heterocycles.